The van der Waals surface area contributed by atoms with Crippen molar-refractivity contribution in [3.8, 4) is 0 Å². The van der Waals surface area contributed by atoms with Crippen LogP contribution in [0.15, 0.2) is 48.6 Å². The molecule has 6 heteroatoms. The highest BCUT2D eigenvalue weighted by Crippen LogP contribution is 2.17. The Morgan fingerprint density at radius 1 is 0.509 bits per heavy atom. The van der Waals surface area contributed by atoms with Crippen molar-refractivity contribution in [2.45, 2.75) is 257 Å². The number of carbonyl (C=O) groups excluding carboxylic acids is 2. The molecule has 0 radical (unpaired) electrons. The van der Waals surface area contributed by atoms with Crippen LogP contribution in [0.25, 0.3) is 0 Å². The van der Waals surface area contributed by atoms with Gasteiger partial charge in [0.1, 0.15) is 6.10 Å². The number of carbonyl (C=O) groups is 2. The fourth-order valence-corrected chi connectivity index (χ4v) is 7.20. The van der Waals surface area contributed by atoms with Crippen molar-refractivity contribution in [1.82, 2.24) is 5.32 Å². The van der Waals surface area contributed by atoms with E-state index in [9.17, 15) is 19.8 Å². The first-order valence-corrected chi connectivity index (χ1v) is 24.4. The average Bonchev–Trinajstić information content (AvgIpc) is 3.20. The summed E-state index contributed by atoms with van der Waals surface area (Å²) in [5.74, 6) is -0.518. The van der Waals surface area contributed by atoms with E-state index in [4.69, 9.17) is 4.74 Å². The number of hydrogen-bond donors (Lipinski definition) is 3. The van der Waals surface area contributed by atoms with Crippen molar-refractivity contribution in [3.05, 3.63) is 48.6 Å². The summed E-state index contributed by atoms with van der Waals surface area (Å²) >= 11 is 0. The summed E-state index contributed by atoms with van der Waals surface area (Å²) in [6.07, 6.45) is 53.1. The van der Waals surface area contributed by atoms with Gasteiger partial charge in [-0.3, -0.25) is 9.59 Å². The molecule has 0 saturated carbocycles. The number of esters is 1. The molecular weight excluding hydrogens is 707 g/mol. The summed E-state index contributed by atoms with van der Waals surface area (Å²) in [6.45, 7) is 6.39. The van der Waals surface area contributed by atoms with Gasteiger partial charge in [-0.05, 0) is 70.6 Å². The molecule has 57 heavy (non-hydrogen) atoms. The van der Waals surface area contributed by atoms with Crippen LogP contribution in [0.1, 0.15) is 239 Å². The van der Waals surface area contributed by atoms with Crippen LogP contribution in [0.2, 0.25) is 0 Å². The molecule has 3 atom stereocenters. The molecule has 0 spiro atoms. The summed E-state index contributed by atoms with van der Waals surface area (Å²) < 4.78 is 5.89. The Balaban J connectivity index is 4.66. The Hall–Kier alpha value is -2.18. The zero-order valence-corrected chi connectivity index (χ0v) is 37.7. The Labute approximate surface area is 353 Å². The SMILES string of the molecule is CCC/C=C\CCCCCCCC(=O)OC(CCCCC/C=C/C=C/C=C/CCCCCCC)CC(=O)NC(CO)C(O)CCCCCCCCCCCCCC. The molecule has 6 nitrogen and oxygen atoms in total. The molecule has 0 aromatic rings. The Kier molecular flexibility index (Phi) is 43.2. The maximum atomic E-state index is 13.1. The largest absolute Gasteiger partial charge is 0.462 e. The zero-order chi connectivity index (χ0) is 41.7. The number of allylic oxidation sites excluding steroid dienone is 8. The fourth-order valence-electron chi connectivity index (χ4n) is 7.20. The molecule has 3 N–H and O–H groups in total. The highest BCUT2D eigenvalue weighted by molar-refractivity contribution is 5.77. The molecule has 0 fully saturated rings. The number of aliphatic hydroxyl groups excluding tert-OH is 2. The third-order valence-corrected chi connectivity index (χ3v) is 10.9. The van der Waals surface area contributed by atoms with Gasteiger partial charge in [0.05, 0.1) is 25.2 Å². The lowest BCUT2D eigenvalue weighted by atomic mass is 10.0. The Bertz CT molecular complexity index is 988. The van der Waals surface area contributed by atoms with Crippen LogP contribution in [0.3, 0.4) is 0 Å². The maximum absolute atomic E-state index is 13.1. The van der Waals surface area contributed by atoms with Gasteiger partial charge >= 0.3 is 5.97 Å². The molecule has 332 valence electrons. The quantitative estimate of drug-likeness (QED) is 0.0247. The van der Waals surface area contributed by atoms with Gasteiger partial charge in [0, 0.05) is 6.42 Å². The van der Waals surface area contributed by atoms with E-state index in [1.165, 1.54) is 109 Å². The van der Waals surface area contributed by atoms with E-state index in [-0.39, 0.29) is 24.9 Å². The highest BCUT2D eigenvalue weighted by Gasteiger charge is 2.24. The van der Waals surface area contributed by atoms with E-state index in [0.29, 0.717) is 19.3 Å². The summed E-state index contributed by atoms with van der Waals surface area (Å²) in [5.41, 5.74) is 0. The predicted octanol–water partition coefficient (Wildman–Crippen LogP) is 14.3. The number of nitrogens with one attached hydrogen (secondary N) is 1. The molecule has 0 aliphatic carbocycles. The van der Waals surface area contributed by atoms with E-state index in [1.54, 1.807) is 0 Å². The fraction of sp³-hybridized carbons (Fsp3) is 0.804. The zero-order valence-electron chi connectivity index (χ0n) is 37.7. The number of hydrogen-bond acceptors (Lipinski definition) is 5. The molecule has 0 saturated heterocycles. The van der Waals surface area contributed by atoms with Crippen LogP contribution >= 0.6 is 0 Å². The first-order valence-electron chi connectivity index (χ1n) is 24.4. The Morgan fingerprint density at radius 3 is 1.47 bits per heavy atom. The topological polar surface area (TPSA) is 95.9 Å². The molecular formula is C51H93NO5. The molecule has 0 heterocycles. The van der Waals surface area contributed by atoms with Crippen molar-refractivity contribution in [1.29, 1.82) is 0 Å². The lowest BCUT2D eigenvalue weighted by molar-refractivity contribution is -0.151. The van der Waals surface area contributed by atoms with Gasteiger partial charge in [-0.2, -0.15) is 0 Å². The second-order valence-corrected chi connectivity index (χ2v) is 16.6. The van der Waals surface area contributed by atoms with Crippen LogP contribution in [-0.2, 0) is 14.3 Å². The number of amides is 1. The van der Waals surface area contributed by atoms with Gasteiger partial charge in [0.2, 0.25) is 5.91 Å². The van der Waals surface area contributed by atoms with E-state index < -0.39 is 18.2 Å². The normalized spacial score (nSPS) is 13.7. The first-order chi connectivity index (χ1) is 28.0. The van der Waals surface area contributed by atoms with Gasteiger partial charge in [0.25, 0.3) is 0 Å². The number of aliphatic hydroxyl groups is 2. The van der Waals surface area contributed by atoms with E-state index in [2.05, 4.69) is 74.7 Å². The average molecular weight is 800 g/mol. The number of rotatable bonds is 43. The molecule has 0 aliphatic heterocycles. The second kappa shape index (κ2) is 44.9. The minimum absolute atomic E-state index is 0.0517. The summed E-state index contributed by atoms with van der Waals surface area (Å²) in [4.78, 5) is 26.0. The highest BCUT2D eigenvalue weighted by atomic mass is 16.5. The monoisotopic (exact) mass is 800 g/mol. The number of ether oxygens (including phenoxy) is 1. The third-order valence-electron chi connectivity index (χ3n) is 10.9. The van der Waals surface area contributed by atoms with Gasteiger partial charge in [-0.1, -0.05) is 204 Å². The van der Waals surface area contributed by atoms with Gasteiger partial charge in [-0.15, -0.1) is 0 Å². The molecule has 0 aromatic carbocycles. The first kappa shape index (κ1) is 54.8. The van der Waals surface area contributed by atoms with Crippen molar-refractivity contribution in [3.63, 3.8) is 0 Å². The smallest absolute Gasteiger partial charge is 0.306 e. The van der Waals surface area contributed by atoms with Crippen molar-refractivity contribution in [2.24, 2.45) is 0 Å². The molecule has 0 aromatic heterocycles. The molecule has 3 unspecified atom stereocenters. The molecule has 0 aliphatic rings. The van der Waals surface area contributed by atoms with E-state index in [0.717, 1.165) is 83.5 Å². The lowest BCUT2D eigenvalue weighted by Crippen LogP contribution is -2.46. The van der Waals surface area contributed by atoms with Crippen molar-refractivity contribution >= 4 is 11.9 Å². The summed E-state index contributed by atoms with van der Waals surface area (Å²) in [7, 11) is 0. The Morgan fingerprint density at radius 2 is 0.947 bits per heavy atom. The standard InChI is InChI=1S/C51H93NO5/c1-4-7-10-13-16-19-22-24-25-26-27-28-30-33-36-39-42-47(57-51(56)44-41-38-35-32-21-18-15-12-9-6-3)45-50(55)52-48(46-53)49(54)43-40-37-34-31-29-23-20-17-14-11-8-5-2/h12,15,22,24-28,47-49,53-54H,4-11,13-14,16-21,23,29-46H2,1-3H3,(H,52,55)/b15-12-,24-22+,26-25+,28-27+. The van der Waals surface area contributed by atoms with E-state index in [1.807, 2.05) is 0 Å². The number of unbranched alkanes of at least 4 members (excludes halogenated alkanes) is 25. The van der Waals surface area contributed by atoms with Gasteiger partial charge in [-0.25, -0.2) is 0 Å². The second-order valence-electron chi connectivity index (χ2n) is 16.6. The predicted molar refractivity (Wildman–Crippen MR) is 245 cm³/mol. The van der Waals surface area contributed by atoms with Crippen LogP contribution in [0.4, 0.5) is 0 Å². The van der Waals surface area contributed by atoms with Crippen molar-refractivity contribution in [2.75, 3.05) is 6.61 Å². The minimum atomic E-state index is -0.797. The maximum Gasteiger partial charge on any atom is 0.306 e. The lowest BCUT2D eigenvalue weighted by Gasteiger charge is -2.24. The van der Waals surface area contributed by atoms with E-state index >= 15 is 0 Å². The van der Waals surface area contributed by atoms with Crippen molar-refractivity contribution < 1.29 is 24.5 Å². The minimum Gasteiger partial charge on any atom is -0.462 e. The summed E-state index contributed by atoms with van der Waals surface area (Å²) in [5, 5.41) is 23.7. The molecule has 0 rings (SSSR count). The summed E-state index contributed by atoms with van der Waals surface area (Å²) in [6, 6.07) is -0.712. The van der Waals surface area contributed by atoms with Crippen LogP contribution in [0, 0.1) is 0 Å². The van der Waals surface area contributed by atoms with Gasteiger partial charge < -0.3 is 20.3 Å². The van der Waals surface area contributed by atoms with Crippen LogP contribution in [-0.4, -0.2) is 46.9 Å². The van der Waals surface area contributed by atoms with Crippen LogP contribution in [0.5, 0.6) is 0 Å². The molecule has 1 amide bonds. The van der Waals surface area contributed by atoms with Gasteiger partial charge in [0.15, 0.2) is 0 Å². The van der Waals surface area contributed by atoms with Crippen LogP contribution < -0.4 is 5.32 Å². The third kappa shape index (κ3) is 40.4. The molecule has 0 bridgehead atoms.